The molecule has 26 heavy (non-hydrogen) atoms. The van der Waals surface area contributed by atoms with Gasteiger partial charge in [0.2, 0.25) is 0 Å². The number of aromatic nitrogens is 3. The number of benzene rings is 1. The summed E-state index contributed by atoms with van der Waals surface area (Å²) in [7, 11) is 0. The van der Waals surface area contributed by atoms with Gasteiger partial charge in [-0.25, -0.2) is 14.2 Å². The Morgan fingerprint density at radius 3 is 2.62 bits per heavy atom. The predicted molar refractivity (Wildman–Crippen MR) is 101 cm³/mol. The van der Waals surface area contributed by atoms with Gasteiger partial charge in [-0.3, -0.25) is 15.1 Å². The van der Waals surface area contributed by atoms with Gasteiger partial charge in [-0.2, -0.15) is 0 Å². The van der Waals surface area contributed by atoms with E-state index in [2.05, 4.69) is 20.3 Å². The average Bonchev–Trinajstić information content (AvgIpc) is 3.02. The lowest BCUT2D eigenvalue weighted by molar-refractivity contribution is 0.102. The minimum Gasteiger partial charge on any atom is -0.306 e. The molecule has 1 unspecified atom stereocenters. The lowest BCUT2D eigenvalue weighted by Gasteiger charge is -2.10. The van der Waals surface area contributed by atoms with Gasteiger partial charge in [-0.15, -0.1) is 11.3 Å². The number of amides is 1. The third-order valence-corrected chi connectivity index (χ3v) is 5.00. The second-order valence-electron chi connectivity index (χ2n) is 5.65. The molecular weight excluding hydrogens is 372 g/mol. The van der Waals surface area contributed by atoms with Crippen molar-refractivity contribution in [2.24, 2.45) is 0 Å². The van der Waals surface area contributed by atoms with E-state index in [0.29, 0.717) is 5.13 Å². The molecule has 1 atom stereocenters. The van der Waals surface area contributed by atoms with Crippen molar-refractivity contribution < 1.29 is 13.6 Å². The van der Waals surface area contributed by atoms with Crippen LogP contribution in [0.25, 0.3) is 11.3 Å². The number of hydrogen-bond donors (Lipinski definition) is 2. The Morgan fingerprint density at radius 1 is 1.27 bits per heavy atom. The van der Waals surface area contributed by atoms with Crippen LogP contribution in [-0.2, 0) is 16.8 Å². The Hall–Kier alpha value is -2.49. The van der Waals surface area contributed by atoms with Gasteiger partial charge in [0, 0.05) is 23.3 Å². The molecule has 0 saturated carbocycles. The van der Waals surface area contributed by atoms with Gasteiger partial charge < -0.3 is 4.55 Å². The Bertz CT molecular complexity index is 950. The fraction of sp³-hybridized carbons (Fsp3) is 0.176. The van der Waals surface area contributed by atoms with Crippen LogP contribution < -0.4 is 5.32 Å². The van der Waals surface area contributed by atoms with Gasteiger partial charge in [0.15, 0.2) is 16.2 Å². The maximum absolute atomic E-state index is 12.1. The number of nitrogens with zero attached hydrogens (tertiary/aromatic N) is 3. The molecule has 3 rings (SSSR count). The molecule has 9 heteroatoms. The van der Waals surface area contributed by atoms with Crippen molar-refractivity contribution in [2.45, 2.75) is 19.6 Å². The topological polar surface area (TPSA) is 105 Å². The highest BCUT2D eigenvalue weighted by Gasteiger charge is 2.14. The number of carbonyl (C=O) groups excluding carboxylic acids is 1. The number of nitrogens with one attached hydrogen (secondary N) is 1. The molecule has 0 fully saturated rings. The Labute approximate surface area is 156 Å². The Kier molecular flexibility index (Phi) is 5.50. The fourth-order valence-electron chi connectivity index (χ4n) is 2.71. The quantitative estimate of drug-likeness (QED) is 0.650. The molecule has 134 valence electrons. The normalized spacial score (nSPS) is 12.0. The second kappa shape index (κ2) is 7.81. The summed E-state index contributed by atoms with van der Waals surface area (Å²) < 4.78 is 20.1. The zero-order valence-electron chi connectivity index (χ0n) is 14.1. The van der Waals surface area contributed by atoms with E-state index in [-0.39, 0.29) is 17.4 Å². The molecule has 2 heterocycles. The van der Waals surface area contributed by atoms with Crippen LogP contribution in [0, 0.1) is 13.8 Å². The second-order valence-corrected chi connectivity index (χ2v) is 7.44. The van der Waals surface area contributed by atoms with Crippen LogP contribution in [0.15, 0.2) is 36.1 Å². The fourth-order valence-corrected chi connectivity index (χ4v) is 3.85. The van der Waals surface area contributed by atoms with Crippen molar-refractivity contribution in [3.63, 3.8) is 0 Å². The van der Waals surface area contributed by atoms with E-state index in [4.69, 9.17) is 4.55 Å². The third-order valence-electron chi connectivity index (χ3n) is 3.66. The first-order valence-corrected chi connectivity index (χ1v) is 9.80. The van der Waals surface area contributed by atoms with Crippen LogP contribution in [0.5, 0.6) is 0 Å². The van der Waals surface area contributed by atoms with Crippen molar-refractivity contribution in [3.05, 3.63) is 58.5 Å². The monoisotopic (exact) mass is 388 g/mol. The lowest BCUT2D eigenvalue weighted by Crippen LogP contribution is -2.13. The van der Waals surface area contributed by atoms with Crippen molar-refractivity contribution >= 4 is 33.5 Å². The van der Waals surface area contributed by atoms with E-state index >= 15 is 0 Å². The summed E-state index contributed by atoms with van der Waals surface area (Å²) in [5.41, 5.74) is 4.64. The van der Waals surface area contributed by atoms with Crippen LogP contribution in [0.3, 0.4) is 0 Å². The molecule has 2 aromatic heterocycles. The van der Waals surface area contributed by atoms with Crippen molar-refractivity contribution in [2.75, 3.05) is 5.32 Å². The summed E-state index contributed by atoms with van der Waals surface area (Å²) in [6.07, 6.45) is 4.34. The number of anilines is 1. The van der Waals surface area contributed by atoms with Gasteiger partial charge in [0.1, 0.15) is 5.69 Å². The predicted octanol–water partition coefficient (Wildman–Crippen LogP) is 3.19. The van der Waals surface area contributed by atoms with Gasteiger partial charge in [0.25, 0.3) is 5.91 Å². The lowest BCUT2D eigenvalue weighted by atomic mass is 9.98. The first-order chi connectivity index (χ1) is 12.4. The summed E-state index contributed by atoms with van der Waals surface area (Å²) in [6.45, 7) is 3.87. The number of carbonyl (C=O) groups is 1. The summed E-state index contributed by atoms with van der Waals surface area (Å²) in [6, 6.07) is 3.77. The van der Waals surface area contributed by atoms with Gasteiger partial charge >= 0.3 is 0 Å². The number of aryl methyl sites for hydroxylation is 2. The van der Waals surface area contributed by atoms with Crippen LogP contribution >= 0.6 is 11.3 Å². The molecule has 0 aliphatic heterocycles. The zero-order valence-corrected chi connectivity index (χ0v) is 15.7. The number of hydrogen-bond acceptors (Lipinski definition) is 6. The molecule has 0 aliphatic rings. The summed E-state index contributed by atoms with van der Waals surface area (Å²) in [5.74, 6) is -0.272. The highest BCUT2D eigenvalue weighted by atomic mass is 32.2. The molecule has 0 bridgehead atoms. The largest absolute Gasteiger partial charge is 0.306 e. The van der Waals surface area contributed by atoms with E-state index in [1.54, 1.807) is 0 Å². The third kappa shape index (κ3) is 4.18. The summed E-state index contributed by atoms with van der Waals surface area (Å²) in [5, 5.41) is 5.05. The Balaban J connectivity index is 1.84. The van der Waals surface area contributed by atoms with Gasteiger partial charge in [-0.1, -0.05) is 12.1 Å². The van der Waals surface area contributed by atoms with E-state index in [9.17, 15) is 9.00 Å². The highest BCUT2D eigenvalue weighted by molar-refractivity contribution is 7.78. The van der Waals surface area contributed by atoms with Crippen LogP contribution in [-0.4, -0.2) is 29.6 Å². The maximum Gasteiger partial charge on any atom is 0.277 e. The molecule has 1 aromatic carbocycles. The van der Waals surface area contributed by atoms with Gasteiger partial charge in [0.05, 0.1) is 17.6 Å². The molecule has 0 spiro atoms. The molecule has 0 radical (unpaired) electrons. The van der Waals surface area contributed by atoms with E-state index < -0.39 is 11.1 Å². The summed E-state index contributed by atoms with van der Waals surface area (Å²) in [4.78, 5) is 24.5. The summed E-state index contributed by atoms with van der Waals surface area (Å²) >= 11 is -0.557. The molecule has 0 aliphatic carbocycles. The Morgan fingerprint density at radius 2 is 2.00 bits per heavy atom. The zero-order chi connectivity index (χ0) is 18.7. The van der Waals surface area contributed by atoms with Crippen LogP contribution in [0.2, 0.25) is 0 Å². The van der Waals surface area contributed by atoms with Crippen LogP contribution in [0.1, 0.15) is 27.2 Å². The van der Waals surface area contributed by atoms with Crippen LogP contribution in [0.4, 0.5) is 5.13 Å². The van der Waals surface area contributed by atoms with E-state index in [1.807, 2.05) is 31.4 Å². The van der Waals surface area contributed by atoms with Crippen molar-refractivity contribution in [3.8, 4) is 11.3 Å². The minimum absolute atomic E-state index is 0.0957. The molecular formula is C17H16N4O3S2. The molecule has 0 saturated heterocycles. The van der Waals surface area contributed by atoms with Crippen molar-refractivity contribution in [1.29, 1.82) is 0 Å². The smallest absolute Gasteiger partial charge is 0.277 e. The number of thiazole rings is 1. The first-order valence-electron chi connectivity index (χ1n) is 7.65. The molecule has 3 aromatic rings. The number of rotatable bonds is 5. The maximum atomic E-state index is 12.1. The van der Waals surface area contributed by atoms with E-state index in [1.165, 1.54) is 29.9 Å². The first kappa shape index (κ1) is 18.3. The molecule has 7 nitrogen and oxygen atoms in total. The SMILES string of the molecule is Cc1cc(CS(=O)O)cc(C)c1-c1csc(NC(=O)c2cnccn2)n1. The standard InChI is InChI=1S/C17H16N4O3S2/c1-10-5-12(9-26(23)24)6-11(2)15(10)14-8-25-17(20-14)21-16(22)13-7-18-3-4-19-13/h3-8H,9H2,1-2H3,(H,23,24)(H,20,21,22). The van der Waals surface area contributed by atoms with E-state index in [0.717, 1.165) is 27.9 Å². The molecule has 1 amide bonds. The van der Waals surface area contributed by atoms with Crippen molar-refractivity contribution in [1.82, 2.24) is 15.0 Å². The molecule has 2 N–H and O–H groups in total. The average molecular weight is 388 g/mol. The van der Waals surface area contributed by atoms with Gasteiger partial charge in [-0.05, 0) is 30.5 Å². The minimum atomic E-state index is -1.88. The highest BCUT2D eigenvalue weighted by Crippen LogP contribution is 2.31.